The third-order valence-corrected chi connectivity index (χ3v) is 4.52. The first-order chi connectivity index (χ1) is 11.7. The Kier molecular flexibility index (Phi) is 3.61. The van der Waals surface area contributed by atoms with Crippen LogP contribution in [0.15, 0.2) is 42.7 Å². The standard InChI is InChI=1S/C18H20N4O2/c1-12-8-17-18(19-6-7-22(17)20-12)21-11-14(23)10-16(21)13-4-3-5-15(9-13)24-2/h3-9,14,16,23H,10-11H2,1-2H3. The van der Waals surface area contributed by atoms with E-state index < -0.39 is 0 Å². The van der Waals surface area contributed by atoms with Crippen molar-refractivity contribution in [1.29, 1.82) is 0 Å². The second-order valence-electron chi connectivity index (χ2n) is 6.20. The van der Waals surface area contributed by atoms with Gasteiger partial charge >= 0.3 is 0 Å². The Bertz CT molecular complexity index is 876. The zero-order chi connectivity index (χ0) is 16.7. The molecule has 0 saturated carbocycles. The van der Waals surface area contributed by atoms with Crippen LogP contribution in [0.5, 0.6) is 5.75 Å². The van der Waals surface area contributed by atoms with Crippen LogP contribution in [0.25, 0.3) is 5.52 Å². The summed E-state index contributed by atoms with van der Waals surface area (Å²) in [6.07, 6.45) is 3.89. The van der Waals surface area contributed by atoms with Gasteiger partial charge in [0.05, 0.1) is 24.9 Å². The number of anilines is 1. The van der Waals surface area contributed by atoms with Crippen LogP contribution in [0.1, 0.15) is 23.7 Å². The number of aryl methyl sites for hydroxylation is 1. The van der Waals surface area contributed by atoms with Crippen molar-refractivity contribution >= 4 is 11.3 Å². The van der Waals surface area contributed by atoms with Crippen LogP contribution < -0.4 is 9.64 Å². The highest BCUT2D eigenvalue weighted by molar-refractivity contribution is 5.70. The maximum atomic E-state index is 10.3. The molecule has 3 aromatic rings. The van der Waals surface area contributed by atoms with E-state index >= 15 is 0 Å². The second-order valence-corrected chi connectivity index (χ2v) is 6.20. The molecule has 0 radical (unpaired) electrons. The number of ether oxygens (including phenoxy) is 1. The summed E-state index contributed by atoms with van der Waals surface area (Å²) in [6, 6.07) is 10.1. The molecule has 1 fully saturated rings. The molecule has 1 aliphatic rings. The Morgan fingerprint density at radius 1 is 1.29 bits per heavy atom. The van der Waals surface area contributed by atoms with E-state index in [1.807, 2.05) is 41.9 Å². The fourth-order valence-electron chi connectivity index (χ4n) is 3.46. The number of hydrogen-bond acceptors (Lipinski definition) is 5. The molecule has 0 spiro atoms. The van der Waals surface area contributed by atoms with E-state index in [2.05, 4.69) is 21.0 Å². The molecule has 6 heteroatoms. The zero-order valence-electron chi connectivity index (χ0n) is 13.8. The average molecular weight is 324 g/mol. The SMILES string of the molecule is COc1cccc(C2CC(O)CN2c2nccn3nc(C)cc23)c1. The van der Waals surface area contributed by atoms with E-state index in [4.69, 9.17) is 4.74 Å². The lowest BCUT2D eigenvalue weighted by Crippen LogP contribution is -2.25. The Morgan fingerprint density at radius 3 is 3.00 bits per heavy atom. The van der Waals surface area contributed by atoms with Crippen molar-refractivity contribution < 1.29 is 9.84 Å². The van der Waals surface area contributed by atoms with E-state index in [-0.39, 0.29) is 12.1 Å². The largest absolute Gasteiger partial charge is 0.497 e. The predicted molar refractivity (Wildman–Crippen MR) is 91.4 cm³/mol. The lowest BCUT2D eigenvalue weighted by Gasteiger charge is -2.26. The molecule has 1 N–H and O–H groups in total. The predicted octanol–water partition coefficient (Wildman–Crippen LogP) is 2.36. The van der Waals surface area contributed by atoms with Gasteiger partial charge in [0.1, 0.15) is 11.3 Å². The van der Waals surface area contributed by atoms with E-state index in [0.29, 0.717) is 13.0 Å². The molecule has 1 aliphatic heterocycles. The van der Waals surface area contributed by atoms with E-state index in [0.717, 1.165) is 28.3 Å². The van der Waals surface area contributed by atoms with Crippen molar-refractivity contribution in [2.24, 2.45) is 0 Å². The van der Waals surface area contributed by atoms with Gasteiger partial charge in [0.2, 0.25) is 0 Å². The van der Waals surface area contributed by atoms with Crippen LogP contribution in [0.2, 0.25) is 0 Å². The van der Waals surface area contributed by atoms with Gasteiger partial charge in [0.25, 0.3) is 0 Å². The van der Waals surface area contributed by atoms with Crippen molar-refractivity contribution in [3.8, 4) is 5.75 Å². The Hall–Kier alpha value is -2.60. The van der Waals surface area contributed by atoms with Crippen LogP contribution in [-0.2, 0) is 0 Å². The van der Waals surface area contributed by atoms with Crippen molar-refractivity contribution in [2.75, 3.05) is 18.6 Å². The number of benzene rings is 1. The summed E-state index contributed by atoms with van der Waals surface area (Å²) in [6.45, 7) is 2.52. The van der Waals surface area contributed by atoms with Gasteiger partial charge in [-0.3, -0.25) is 0 Å². The summed E-state index contributed by atoms with van der Waals surface area (Å²) < 4.78 is 7.18. The molecule has 0 bridgehead atoms. The highest BCUT2D eigenvalue weighted by Gasteiger charge is 2.34. The lowest BCUT2D eigenvalue weighted by molar-refractivity contribution is 0.194. The fraction of sp³-hybridized carbons (Fsp3) is 0.333. The first kappa shape index (κ1) is 15.0. The smallest absolute Gasteiger partial charge is 0.155 e. The van der Waals surface area contributed by atoms with Crippen molar-refractivity contribution in [3.63, 3.8) is 0 Å². The molecule has 2 atom stereocenters. The Morgan fingerprint density at radius 2 is 2.17 bits per heavy atom. The van der Waals surface area contributed by atoms with Crippen LogP contribution >= 0.6 is 0 Å². The molecule has 2 unspecified atom stereocenters. The zero-order valence-corrected chi connectivity index (χ0v) is 13.8. The summed E-state index contributed by atoms with van der Waals surface area (Å²) >= 11 is 0. The van der Waals surface area contributed by atoms with Gasteiger partial charge in [-0.15, -0.1) is 0 Å². The molecule has 2 aromatic heterocycles. The number of aliphatic hydroxyl groups is 1. The average Bonchev–Trinajstić information content (AvgIpc) is 3.16. The van der Waals surface area contributed by atoms with Gasteiger partial charge in [-0.1, -0.05) is 12.1 Å². The van der Waals surface area contributed by atoms with Crippen LogP contribution in [0.3, 0.4) is 0 Å². The number of aromatic nitrogens is 3. The topological polar surface area (TPSA) is 62.9 Å². The molecular weight excluding hydrogens is 304 g/mol. The van der Waals surface area contributed by atoms with E-state index in [9.17, 15) is 5.11 Å². The van der Waals surface area contributed by atoms with Crippen molar-refractivity contribution in [2.45, 2.75) is 25.5 Å². The Balaban J connectivity index is 1.79. The molecule has 1 saturated heterocycles. The van der Waals surface area contributed by atoms with Crippen LogP contribution in [0, 0.1) is 6.92 Å². The second kappa shape index (κ2) is 5.79. The fourth-order valence-corrected chi connectivity index (χ4v) is 3.46. The van der Waals surface area contributed by atoms with Gasteiger partial charge in [0, 0.05) is 18.9 Å². The Labute approximate surface area is 140 Å². The number of nitrogens with zero attached hydrogens (tertiary/aromatic N) is 4. The number of aliphatic hydroxyl groups excluding tert-OH is 1. The molecule has 1 aromatic carbocycles. The van der Waals surface area contributed by atoms with Crippen LogP contribution in [0.4, 0.5) is 5.82 Å². The molecule has 3 heterocycles. The summed E-state index contributed by atoms with van der Waals surface area (Å²) in [7, 11) is 1.66. The molecular formula is C18H20N4O2. The molecule has 0 aliphatic carbocycles. The normalized spacial score (nSPS) is 20.7. The van der Waals surface area contributed by atoms with E-state index in [1.165, 1.54) is 0 Å². The van der Waals surface area contributed by atoms with Gasteiger partial charge in [0.15, 0.2) is 5.82 Å². The number of hydrogen-bond donors (Lipinski definition) is 1. The summed E-state index contributed by atoms with van der Waals surface area (Å²) in [4.78, 5) is 6.74. The highest BCUT2D eigenvalue weighted by atomic mass is 16.5. The summed E-state index contributed by atoms with van der Waals surface area (Å²) in [5, 5.41) is 14.7. The van der Waals surface area contributed by atoms with Crippen molar-refractivity contribution in [1.82, 2.24) is 14.6 Å². The maximum Gasteiger partial charge on any atom is 0.155 e. The number of rotatable bonds is 3. The van der Waals surface area contributed by atoms with Gasteiger partial charge in [-0.05, 0) is 37.1 Å². The minimum Gasteiger partial charge on any atom is -0.497 e. The summed E-state index contributed by atoms with van der Waals surface area (Å²) in [5.74, 6) is 1.67. The lowest BCUT2D eigenvalue weighted by atomic mass is 10.0. The molecule has 6 nitrogen and oxygen atoms in total. The highest BCUT2D eigenvalue weighted by Crippen LogP contribution is 2.38. The van der Waals surface area contributed by atoms with Gasteiger partial charge < -0.3 is 14.7 Å². The minimum atomic E-state index is -0.382. The first-order valence-corrected chi connectivity index (χ1v) is 8.05. The molecule has 124 valence electrons. The first-order valence-electron chi connectivity index (χ1n) is 8.05. The minimum absolute atomic E-state index is 0.0593. The monoisotopic (exact) mass is 324 g/mol. The summed E-state index contributed by atoms with van der Waals surface area (Å²) in [5.41, 5.74) is 3.02. The van der Waals surface area contributed by atoms with E-state index in [1.54, 1.807) is 13.3 Å². The molecule has 24 heavy (non-hydrogen) atoms. The number of methoxy groups -OCH3 is 1. The maximum absolute atomic E-state index is 10.3. The number of β-amino-alcohol motifs (C(OH)–C–C–N with tert-alkyl or cyclic N) is 1. The van der Waals surface area contributed by atoms with Crippen LogP contribution in [-0.4, -0.2) is 39.5 Å². The number of fused-ring (bicyclic) bond motifs is 1. The quantitative estimate of drug-likeness (QED) is 0.801. The molecule has 0 amide bonds. The third kappa shape index (κ3) is 2.49. The third-order valence-electron chi connectivity index (χ3n) is 4.52. The molecule has 4 rings (SSSR count). The van der Waals surface area contributed by atoms with Crippen molar-refractivity contribution in [3.05, 3.63) is 54.0 Å². The van der Waals surface area contributed by atoms with Gasteiger partial charge in [-0.25, -0.2) is 9.50 Å². The van der Waals surface area contributed by atoms with Gasteiger partial charge in [-0.2, -0.15) is 5.10 Å².